The molecule has 0 N–H and O–H groups in total. The lowest BCUT2D eigenvalue weighted by atomic mass is 10.4. The average molecular weight is 225 g/mol. The Kier molecular flexibility index (Phi) is 1.93. The van der Waals surface area contributed by atoms with E-state index in [2.05, 4.69) is 37.9 Å². The summed E-state index contributed by atoms with van der Waals surface area (Å²) in [6, 6.07) is 0. The van der Waals surface area contributed by atoms with Gasteiger partial charge in [-0.3, -0.25) is 0 Å². The summed E-state index contributed by atoms with van der Waals surface area (Å²) < 4.78 is 0. The zero-order chi connectivity index (χ0) is 5.28. The molecule has 39 valence electrons. The van der Waals surface area contributed by atoms with Crippen LogP contribution in [0.15, 0.2) is 6.08 Å². The number of alkyl halides is 2. The Hall–Kier alpha value is 0.700. The fourth-order valence-corrected chi connectivity index (χ4v) is 1.22. The van der Waals surface area contributed by atoms with Crippen molar-refractivity contribution in [2.45, 2.75) is 16.1 Å². The molecule has 0 heterocycles. The van der Waals surface area contributed by atoms with E-state index in [0.717, 1.165) is 6.42 Å². The second-order valence-corrected chi connectivity index (χ2v) is 3.77. The van der Waals surface area contributed by atoms with Crippen LogP contribution in [0.3, 0.4) is 0 Å². The predicted molar refractivity (Wildman–Crippen MR) is 37.9 cm³/mol. The van der Waals surface area contributed by atoms with E-state index in [-0.39, 0.29) is 0 Å². The third-order valence-electron chi connectivity index (χ3n) is 0.935. The zero-order valence-electron chi connectivity index (χ0n) is 3.70. The molecule has 0 nitrogen and oxygen atoms in total. The lowest BCUT2D eigenvalue weighted by Crippen LogP contribution is -2.02. The summed E-state index contributed by atoms with van der Waals surface area (Å²) in [6.45, 7) is 0. The third-order valence-corrected chi connectivity index (χ3v) is 3.44. The molecular formula is C5H5Br2. The van der Waals surface area contributed by atoms with Crippen molar-refractivity contribution >= 4 is 31.9 Å². The molecule has 1 aliphatic carbocycles. The monoisotopic (exact) mass is 223 g/mol. The van der Waals surface area contributed by atoms with Crippen LogP contribution in [0.5, 0.6) is 0 Å². The van der Waals surface area contributed by atoms with E-state index in [0.29, 0.717) is 9.65 Å². The molecular weight excluding hydrogens is 220 g/mol. The van der Waals surface area contributed by atoms with Gasteiger partial charge in [0.1, 0.15) is 0 Å². The highest BCUT2D eigenvalue weighted by Gasteiger charge is 2.15. The van der Waals surface area contributed by atoms with Crippen molar-refractivity contribution < 1.29 is 0 Å². The van der Waals surface area contributed by atoms with Crippen molar-refractivity contribution in [3.63, 3.8) is 0 Å². The van der Waals surface area contributed by atoms with Crippen molar-refractivity contribution in [3.8, 4) is 0 Å². The summed E-state index contributed by atoms with van der Waals surface area (Å²) in [7, 11) is 0. The van der Waals surface area contributed by atoms with Crippen LogP contribution >= 0.6 is 31.9 Å². The highest BCUT2D eigenvalue weighted by atomic mass is 79.9. The standard InChI is InChI=1S/C5H5Br2/c6-4-2-1-3-5(4)7/h2,4-5H,3H2. The van der Waals surface area contributed by atoms with E-state index in [1.165, 1.54) is 0 Å². The number of halogens is 2. The van der Waals surface area contributed by atoms with E-state index in [1.807, 2.05) is 6.08 Å². The van der Waals surface area contributed by atoms with Crippen LogP contribution in [0.4, 0.5) is 0 Å². The fourth-order valence-electron chi connectivity index (χ4n) is 0.510. The normalized spacial score (nSPS) is 39.7. The second-order valence-electron chi connectivity index (χ2n) is 1.54. The molecule has 0 amide bonds. The Morgan fingerprint density at radius 2 is 2.29 bits per heavy atom. The first-order valence-electron chi connectivity index (χ1n) is 2.15. The Bertz CT molecular complexity index is 88.1. The number of allylic oxidation sites excluding steroid dienone is 2. The van der Waals surface area contributed by atoms with Gasteiger partial charge in [0, 0.05) is 9.65 Å². The number of hydrogen-bond acceptors (Lipinski definition) is 0. The van der Waals surface area contributed by atoms with Crippen molar-refractivity contribution in [1.82, 2.24) is 0 Å². The molecule has 0 fully saturated rings. The molecule has 0 aromatic rings. The largest absolute Gasteiger partial charge is 0.0871 e. The molecule has 0 saturated heterocycles. The van der Waals surface area contributed by atoms with Crippen LogP contribution < -0.4 is 0 Å². The van der Waals surface area contributed by atoms with E-state index in [4.69, 9.17) is 0 Å². The molecule has 2 heteroatoms. The molecule has 1 radical (unpaired) electrons. The van der Waals surface area contributed by atoms with Gasteiger partial charge >= 0.3 is 0 Å². The molecule has 0 aliphatic heterocycles. The van der Waals surface area contributed by atoms with Crippen LogP contribution in [-0.4, -0.2) is 9.65 Å². The minimum Gasteiger partial charge on any atom is -0.0871 e. The van der Waals surface area contributed by atoms with Gasteiger partial charge in [-0.15, -0.1) is 0 Å². The van der Waals surface area contributed by atoms with Gasteiger partial charge in [0.15, 0.2) is 0 Å². The topological polar surface area (TPSA) is 0 Å². The van der Waals surface area contributed by atoms with Gasteiger partial charge in [-0.2, -0.15) is 0 Å². The van der Waals surface area contributed by atoms with E-state index in [9.17, 15) is 0 Å². The molecule has 1 rings (SSSR count). The van der Waals surface area contributed by atoms with Crippen LogP contribution in [0.2, 0.25) is 0 Å². The Morgan fingerprint density at radius 1 is 1.57 bits per heavy atom. The van der Waals surface area contributed by atoms with Crippen molar-refractivity contribution in [1.29, 1.82) is 0 Å². The van der Waals surface area contributed by atoms with Crippen LogP contribution in [-0.2, 0) is 0 Å². The SMILES string of the molecule is BrC1C=[C]CC1Br. The summed E-state index contributed by atoms with van der Waals surface area (Å²) in [5.41, 5.74) is 0. The highest BCUT2D eigenvalue weighted by Crippen LogP contribution is 2.24. The summed E-state index contributed by atoms with van der Waals surface area (Å²) in [5, 5.41) is 0. The van der Waals surface area contributed by atoms with Crippen LogP contribution in [0.25, 0.3) is 0 Å². The fraction of sp³-hybridized carbons (Fsp3) is 0.600. The molecule has 2 unspecified atom stereocenters. The maximum Gasteiger partial charge on any atom is 0.0459 e. The van der Waals surface area contributed by atoms with E-state index < -0.39 is 0 Å². The number of rotatable bonds is 0. The zero-order valence-corrected chi connectivity index (χ0v) is 6.87. The number of hydrogen-bond donors (Lipinski definition) is 0. The maximum absolute atomic E-state index is 3.46. The highest BCUT2D eigenvalue weighted by molar-refractivity contribution is 9.12. The predicted octanol–water partition coefficient (Wildman–Crippen LogP) is 2.28. The Labute approximate surface area is 60.2 Å². The smallest absolute Gasteiger partial charge is 0.0459 e. The molecule has 0 aromatic carbocycles. The van der Waals surface area contributed by atoms with Crippen molar-refractivity contribution in [3.05, 3.63) is 12.2 Å². The van der Waals surface area contributed by atoms with Crippen LogP contribution in [0.1, 0.15) is 6.42 Å². The summed E-state index contributed by atoms with van der Waals surface area (Å²) in [4.78, 5) is 1.08. The lowest BCUT2D eigenvalue weighted by Gasteiger charge is -2.00. The minimum absolute atomic E-state index is 0.507. The van der Waals surface area contributed by atoms with Gasteiger partial charge in [-0.1, -0.05) is 37.9 Å². The van der Waals surface area contributed by atoms with Crippen molar-refractivity contribution in [2.75, 3.05) is 0 Å². The summed E-state index contributed by atoms with van der Waals surface area (Å²) in [5.74, 6) is 0. The van der Waals surface area contributed by atoms with Gasteiger partial charge < -0.3 is 0 Å². The summed E-state index contributed by atoms with van der Waals surface area (Å²) in [6.07, 6.45) is 6.18. The van der Waals surface area contributed by atoms with Crippen LogP contribution in [0, 0.1) is 6.08 Å². The first-order valence-corrected chi connectivity index (χ1v) is 3.98. The van der Waals surface area contributed by atoms with E-state index >= 15 is 0 Å². The van der Waals surface area contributed by atoms with Gasteiger partial charge in [0.05, 0.1) is 0 Å². The summed E-state index contributed by atoms with van der Waals surface area (Å²) >= 11 is 6.90. The molecule has 0 saturated carbocycles. The van der Waals surface area contributed by atoms with E-state index in [1.54, 1.807) is 0 Å². The lowest BCUT2D eigenvalue weighted by molar-refractivity contribution is 0.988. The van der Waals surface area contributed by atoms with Crippen molar-refractivity contribution in [2.24, 2.45) is 0 Å². The Balaban J connectivity index is 2.45. The molecule has 7 heavy (non-hydrogen) atoms. The first-order chi connectivity index (χ1) is 3.30. The van der Waals surface area contributed by atoms with Gasteiger partial charge in [-0.25, -0.2) is 0 Å². The molecule has 2 atom stereocenters. The van der Waals surface area contributed by atoms with Gasteiger partial charge in [-0.05, 0) is 12.5 Å². The minimum atomic E-state index is 0.507. The quantitative estimate of drug-likeness (QED) is 0.554. The van der Waals surface area contributed by atoms with Gasteiger partial charge in [0.2, 0.25) is 0 Å². The van der Waals surface area contributed by atoms with Gasteiger partial charge in [0.25, 0.3) is 0 Å². The molecule has 1 aliphatic rings. The third kappa shape index (κ3) is 1.29. The Morgan fingerprint density at radius 3 is 2.43 bits per heavy atom. The second kappa shape index (κ2) is 2.31. The first kappa shape index (κ1) is 5.83. The molecule has 0 bridgehead atoms. The molecule has 0 aromatic heterocycles. The molecule has 0 spiro atoms. The average Bonchev–Trinajstić information content (AvgIpc) is 1.91. The maximum atomic E-state index is 3.46.